The van der Waals surface area contributed by atoms with Crippen molar-refractivity contribution in [3.63, 3.8) is 0 Å². The number of nitrogens with one attached hydrogen (secondary N) is 3. The Labute approximate surface area is 146 Å². The highest BCUT2D eigenvalue weighted by molar-refractivity contribution is 14.0. The van der Waals surface area contributed by atoms with E-state index in [1.165, 1.54) is 32.1 Å². The first-order valence-electron chi connectivity index (χ1n) is 7.94. The molecule has 0 aromatic carbocycles. The lowest BCUT2D eigenvalue weighted by Gasteiger charge is -2.28. The zero-order chi connectivity index (χ0) is 14.8. The van der Waals surface area contributed by atoms with Crippen LogP contribution in [0.2, 0.25) is 0 Å². The number of nitrogens with zero attached hydrogens (tertiary/aromatic N) is 1. The SMILES string of the molecule is CCNC(=O)CN=C(NCC)NCC1(CC)CCCC1.I. The van der Waals surface area contributed by atoms with Gasteiger partial charge in [0.1, 0.15) is 6.54 Å². The third-order valence-corrected chi connectivity index (χ3v) is 4.14. The predicted octanol–water partition coefficient (Wildman–Crippen LogP) is 2.27. The summed E-state index contributed by atoms with van der Waals surface area (Å²) in [4.78, 5) is 15.8. The van der Waals surface area contributed by atoms with Crippen molar-refractivity contribution in [3.05, 3.63) is 0 Å². The molecule has 1 amide bonds. The summed E-state index contributed by atoms with van der Waals surface area (Å²) in [5.41, 5.74) is 0.419. The third kappa shape index (κ3) is 7.33. The number of halogens is 1. The number of hydrogen-bond donors (Lipinski definition) is 3. The molecule has 6 heteroatoms. The van der Waals surface area contributed by atoms with E-state index in [4.69, 9.17) is 0 Å². The molecule has 5 nitrogen and oxygen atoms in total. The topological polar surface area (TPSA) is 65.5 Å². The molecule has 1 rings (SSSR count). The smallest absolute Gasteiger partial charge is 0.241 e. The van der Waals surface area contributed by atoms with Gasteiger partial charge in [0.05, 0.1) is 0 Å². The molecule has 124 valence electrons. The average Bonchev–Trinajstić information content (AvgIpc) is 2.92. The molecule has 1 aliphatic rings. The Morgan fingerprint density at radius 1 is 1.05 bits per heavy atom. The van der Waals surface area contributed by atoms with Crippen molar-refractivity contribution in [1.29, 1.82) is 0 Å². The van der Waals surface area contributed by atoms with E-state index in [0.29, 0.717) is 12.0 Å². The number of rotatable bonds is 7. The first kappa shape index (κ1) is 20.5. The van der Waals surface area contributed by atoms with E-state index in [-0.39, 0.29) is 36.4 Å². The van der Waals surface area contributed by atoms with Gasteiger partial charge in [0.2, 0.25) is 5.91 Å². The molecule has 0 bridgehead atoms. The standard InChI is InChI=1S/C15H30N4O.HI/c1-4-15(9-7-8-10-15)12-19-14(17-6-3)18-11-13(20)16-5-2;/h4-12H2,1-3H3,(H,16,20)(H2,17,18,19);1H. The zero-order valence-corrected chi connectivity index (χ0v) is 16.0. The molecule has 0 atom stereocenters. The fraction of sp³-hybridized carbons (Fsp3) is 0.867. The van der Waals surface area contributed by atoms with Crippen molar-refractivity contribution in [1.82, 2.24) is 16.0 Å². The van der Waals surface area contributed by atoms with Crippen molar-refractivity contribution in [2.45, 2.75) is 52.9 Å². The third-order valence-electron chi connectivity index (χ3n) is 4.14. The van der Waals surface area contributed by atoms with Crippen LogP contribution in [0.4, 0.5) is 0 Å². The van der Waals surface area contributed by atoms with Crippen LogP contribution in [0.3, 0.4) is 0 Å². The minimum atomic E-state index is -0.0317. The van der Waals surface area contributed by atoms with Gasteiger partial charge in [-0.25, -0.2) is 4.99 Å². The van der Waals surface area contributed by atoms with E-state index in [9.17, 15) is 4.79 Å². The molecule has 0 aromatic heterocycles. The Kier molecular flexibility index (Phi) is 10.8. The normalized spacial score (nSPS) is 17.0. The number of hydrogen-bond acceptors (Lipinski definition) is 2. The van der Waals surface area contributed by atoms with Crippen LogP contribution >= 0.6 is 24.0 Å². The summed E-state index contributed by atoms with van der Waals surface area (Å²) in [5.74, 6) is 0.717. The Balaban J connectivity index is 0.00000400. The highest BCUT2D eigenvalue weighted by Gasteiger charge is 2.31. The van der Waals surface area contributed by atoms with Gasteiger partial charge in [0.15, 0.2) is 5.96 Å². The Bertz CT molecular complexity index is 328. The number of carbonyl (C=O) groups is 1. The minimum Gasteiger partial charge on any atom is -0.357 e. The molecule has 0 saturated heterocycles. The highest BCUT2D eigenvalue weighted by Crippen LogP contribution is 2.40. The summed E-state index contributed by atoms with van der Waals surface area (Å²) in [6.07, 6.45) is 6.47. The van der Waals surface area contributed by atoms with Gasteiger partial charge in [0.25, 0.3) is 0 Å². The van der Waals surface area contributed by atoms with E-state index >= 15 is 0 Å². The van der Waals surface area contributed by atoms with Crippen LogP contribution in [0.1, 0.15) is 52.9 Å². The number of likely N-dealkylation sites (N-methyl/N-ethyl adjacent to an activating group) is 1. The molecule has 0 unspecified atom stereocenters. The summed E-state index contributed by atoms with van der Waals surface area (Å²) in [5, 5.41) is 9.37. The second-order valence-electron chi connectivity index (χ2n) is 5.56. The molecule has 0 heterocycles. The second kappa shape index (κ2) is 11.1. The average molecular weight is 410 g/mol. The van der Waals surface area contributed by atoms with Gasteiger partial charge in [-0.1, -0.05) is 19.8 Å². The van der Waals surface area contributed by atoms with Gasteiger partial charge >= 0.3 is 0 Å². The number of guanidine groups is 1. The summed E-state index contributed by atoms with van der Waals surface area (Å²) in [6.45, 7) is 8.81. The number of aliphatic imine (C=N–C) groups is 1. The predicted molar refractivity (Wildman–Crippen MR) is 99.3 cm³/mol. The summed E-state index contributed by atoms with van der Waals surface area (Å²) in [7, 11) is 0. The Morgan fingerprint density at radius 2 is 1.67 bits per heavy atom. The monoisotopic (exact) mass is 410 g/mol. The largest absolute Gasteiger partial charge is 0.357 e. The molecular formula is C15H31IN4O. The highest BCUT2D eigenvalue weighted by atomic mass is 127. The zero-order valence-electron chi connectivity index (χ0n) is 13.6. The quantitative estimate of drug-likeness (QED) is 0.343. The molecule has 0 aliphatic heterocycles. The maximum absolute atomic E-state index is 11.5. The maximum atomic E-state index is 11.5. The van der Waals surface area contributed by atoms with E-state index in [2.05, 4.69) is 27.9 Å². The minimum absolute atomic E-state index is 0. The summed E-state index contributed by atoms with van der Waals surface area (Å²) >= 11 is 0. The lowest BCUT2D eigenvalue weighted by atomic mass is 9.83. The fourth-order valence-corrected chi connectivity index (χ4v) is 2.80. The van der Waals surface area contributed by atoms with Crippen LogP contribution in [0, 0.1) is 5.41 Å². The molecule has 1 fully saturated rings. The summed E-state index contributed by atoms with van der Waals surface area (Å²) in [6, 6.07) is 0. The molecule has 1 aliphatic carbocycles. The molecule has 0 spiro atoms. The van der Waals surface area contributed by atoms with Crippen LogP contribution in [0.15, 0.2) is 4.99 Å². The van der Waals surface area contributed by atoms with Crippen molar-refractivity contribution >= 4 is 35.8 Å². The number of amides is 1. The molecule has 0 aromatic rings. The van der Waals surface area contributed by atoms with Crippen LogP contribution in [-0.2, 0) is 4.79 Å². The van der Waals surface area contributed by atoms with E-state index in [0.717, 1.165) is 19.0 Å². The first-order chi connectivity index (χ1) is 9.65. The molecule has 21 heavy (non-hydrogen) atoms. The van der Waals surface area contributed by atoms with E-state index in [1.54, 1.807) is 0 Å². The molecule has 1 saturated carbocycles. The lowest BCUT2D eigenvalue weighted by molar-refractivity contribution is -0.119. The van der Waals surface area contributed by atoms with Crippen molar-refractivity contribution in [3.8, 4) is 0 Å². The van der Waals surface area contributed by atoms with Gasteiger partial charge in [0, 0.05) is 19.6 Å². The molecule has 0 radical (unpaired) electrons. The van der Waals surface area contributed by atoms with E-state index in [1.807, 2.05) is 13.8 Å². The van der Waals surface area contributed by atoms with Gasteiger partial charge < -0.3 is 16.0 Å². The van der Waals surface area contributed by atoms with Crippen molar-refractivity contribution < 1.29 is 4.79 Å². The van der Waals surface area contributed by atoms with Crippen LogP contribution in [0.25, 0.3) is 0 Å². The molecular weight excluding hydrogens is 379 g/mol. The van der Waals surface area contributed by atoms with Crippen LogP contribution in [-0.4, -0.2) is 38.0 Å². The Hall–Kier alpha value is -0.530. The first-order valence-corrected chi connectivity index (χ1v) is 7.94. The molecule has 3 N–H and O–H groups in total. The fourth-order valence-electron chi connectivity index (χ4n) is 2.80. The van der Waals surface area contributed by atoms with Gasteiger partial charge in [-0.3, -0.25) is 4.79 Å². The van der Waals surface area contributed by atoms with Crippen molar-refractivity contribution in [2.75, 3.05) is 26.2 Å². The second-order valence-corrected chi connectivity index (χ2v) is 5.56. The lowest BCUT2D eigenvalue weighted by Crippen LogP contribution is -2.43. The van der Waals surface area contributed by atoms with Crippen LogP contribution < -0.4 is 16.0 Å². The van der Waals surface area contributed by atoms with Crippen LogP contribution in [0.5, 0.6) is 0 Å². The van der Waals surface area contributed by atoms with Gasteiger partial charge in [-0.05, 0) is 38.5 Å². The van der Waals surface area contributed by atoms with Gasteiger partial charge in [-0.15, -0.1) is 24.0 Å². The summed E-state index contributed by atoms with van der Waals surface area (Å²) < 4.78 is 0. The van der Waals surface area contributed by atoms with Crippen molar-refractivity contribution in [2.24, 2.45) is 10.4 Å². The Morgan fingerprint density at radius 3 is 2.19 bits per heavy atom. The number of carbonyl (C=O) groups excluding carboxylic acids is 1. The van der Waals surface area contributed by atoms with Gasteiger partial charge in [-0.2, -0.15) is 0 Å². The van der Waals surface area contributed by atoms with E-state index < -0.39 is 0 Å². The maximum Gasteiger partial charge on any atom is 0.241 e.